The van der Waals surface area contributed by atoms with Crippen molar-refractivity contribution >= 4 is 6.21 Å². The maximum atomic E-state index is 10.5. The van der Waals surface area contributed by atoms with Gasteiger partial charge in [0.1, 0.15) is 6.17 Å². The molecule has 1 atom stereocenters. The molecule has 1 fully saturated rings. The molecule has 1 aliphatic rings. The van der Waals surface area contributed by atoms with Crippen molar-refractivity contribution in [3.8, 4) is 94.7 Å². The van der Waals surface area contributed by atoms with E-state index in [4.69, 9.17) is 4.74 Å². The molecule has 5 heteroatoms. The summed E-state index contributed by atoms with van der Waals surface area (Å²) in [6, 6.07) is 0. The van der Waals surface area contributed by atoms with Gasteiger partial charge >= 0.3 is 0 Å². The standard InChI is InChI=1S/C28H24N3O2/c1-3-5-6-7-8-9-10-11-12-13-14-15-16-17-18-19-28-30(22-21-29-20-4-2)23-24-31(28)25-26-33-27-32/h20,28H,4,21-27H2,1-2H3/q-1. The van der Waals surface area contributed by atoms with Crippen molar-refractivity contribution in [2.24, 2.45) is 4.99 Å². The molecule has 0 radical (unpaired) electrons. The fraction of sp³-hybridized carbons (Fsp3) is 0.393. The van der Waals surface area contributed by atoms with Gasteiger partial charge in [-0.3, -0.25) is 14.8 Å². The summed E-state index contributed by atoms with van der Waals surface area (Å²) in [5.41, 5.74) is 0. The maximum absolute atomic E-state index is 10.5. The summed E-state index contributed by atoms with van der Waals surface area (Å²) in [5.74, 6) is 42.3. The lowest BCUT2D eigenvalue weighted by Crippen LogP contribution is -2.40. The number of hydrogen-bond acceptors (Lipinski definition) is 5. The Morgan fingerprint density at radius 2 is 1.33 bits per heavy atom. The van der Waals surface area contributed by atoms with Gasteiger partial charge in [-0.05, 0) is 109 Å². The van der Waals surface area contributed by atoms with Crippen molar-refractivity contribution in [1.29, 1.82) is 0 Å². The molecule has 5 nitrogen and oxygen atoms in total. The van der Waals surface area contributed by atoms with Crippen molar-refractivity contribution in [3.63, 3.8) is 0 Å². The van der Waals surface area contributed by atoms with E-state index in [1.807, 2.05) is 6.21 Å². The predicted octanol–water partition coefficient (Wildman–Crippen LogP) is -0.208. The average Bonchev–Trinajstić information content (AvgIpc) is 3.21. The minimum Gasteiger partial charge on any atom is -0.834 e. The molecule has 0 aromatic rings. The molecule has 33 heavy (non-hydrogen) atoms. The van der Waals surface area contributed by atoms with Gasteiger partial charge in [-0.25, -0.2) is 0 Å². The summed E-state index contributed by atoms with van der Waals surface area (Å²) in [4.78, 5) is 8.81. The number of hydrogen-bond donors (Lipinski definition) is 0. The van der Waals surface area contributed by atoms with Crippen LogP contribution >= 0.6 is 0 Å². The van der Waals surface area contributed by atoms with Crippen LogP contribution in [0.4, 0.5) is 0 Å². The van der Waals surface area contributed by atoms with E-state index >= 15 is 0 Å². The monoisotopic (exact) mass is 434 g/mol. The molecular weight excluding hydrogens is 410 g/mol. The summed E-state index contributed by atoms with van der Waals surface area (Å²) in [6.45, 7) is 7.52. The summed E-state index contributed by atoms with van der Waals surface area (Å²) in [7, 11) is 0. The molecule has 0 N–H and O–H groups in total. The van der Waals surface area contributed by atoms with E-state index in [0.29, 0.717) is 13.2 Å². The van der Waals surface area contributed by atoms with Crippen LogP contribution in [-0.4, -0.2) is 68.3 Å². The second-order valence-corrected chi connectivity index (χ2v) is 6.11. The van der Waals surface area contributed by atoms with Crippen LogP contribution in [-0.2, 0) is 4.74 Å². The van der Waals surface area contributed by atoms with E-state index in [1.165, 1.54) is 0 Å². The molecule has 0 aromatic heterocycles. The molecule has 0 aliphatic carbocycles. The highest BCUT2D eigenvalue weighted by atomic mass is 16.6. The second-order valence-electron chi connectivity index (χ2n) is 6.11. The molecule has 0 saturated carbocycles. The maximum Gasteiger partial charge on any atom is 0.127 e. The predicted molar refractivity (Wildman–Crippen MR) is 129 cm³/mol. The first kappa shape index (κ1) is 27.0. The van der Waals surface area contributed by atoms with Gasteiger partial charge in [0, 0.05) is 26.2 Å². The molecule has 0 amide bonds. The van der Waals surface area contributed by atoms with Crippen molar-refractivity contribution in [2.75, 3.05) is 46.1 Å². The Morgan fingerprint density at radius 3 is 1.85 bits per heavy atom. The lowest BCUT2D eigenvalue weighted by molar-refractivity contribution is -0.431. The van der Waals surface area contributed by atoms with Crippen LogP contribution < -0.4 is 5.11 Å². The SMILES string of the molecule is CC#CC#CC#CC#CC#CC#CC#CC#CC1N(CCN=CCC)CCN1CCOC[O-]. The Balaban J connectivity index is 2.66. The van der Waals surface area contributed by atoms with Gasteiger partial charge in [-0.15, -0.1) is 0 Å². The average molecular weight is 435 g/mol. The van der Waals surface area contributed by atoms with Gasteiger partial charge in [0.2, 0.25) is 0 Å². The van der Waals surface area contributed by atoms with Gasteiger partial charge in [-0.2, -0.15) is 0 Å². The first-order valence-electron chi connectivity index (χ1n) is 10.4. The van der Waals surface area contributed by atoms with Gasteiger partial charge < -0.3 is 9.84 Å². The van der Waals surface area contributed by atoms with Gasteiger partial charge in [0.25, 0.3) is 0 Å². The smallest absolute Gasteiger partial charge is 0.127 e. The third-order valence-corrected chi connectivity index (χ3v) is 3.94. The van der Waals surface area contributed by atoms with Crippen LogP contribution in [0.5, 0.6) is 0 Å². The Morgan fingerprint density at radius 1 is 0.818 bits per heavy atom. The largest absolute Gasteiger partial charge is 0.834 e. The van der Waals surface area contributed by atoms with Crippen molar-refractivity contribution < 1.29 is 9.84 Å². The molecule has 0 aromatic carbocycles. The summed E-state index contributed by atoms with van der Waals surface area (Å²) in [6.07, 6.45) is 2.75. The lowest BCUT2D eigenvalue weighted by Gasteiger charge is -2.25. The number of rotatable bonds is 8. The van der Waals surface area contributed by atoms with E-state index in [1.54, 1.807) is 6.92 Å². The van der Waals surface area contributed by atoms with E-state index in [-0.39, 0.29) is 6.17 Å². The van der Waals surface area contributed by atoms with E-state index < -0.39 is 6.79 Å². The molecule has 1 heterocycles. The second kappa shape index (κ2) is 19.9. The fourth-order valence-corrected chi connectivity index (χ4v) is 2.57. The fourth-order valence-electron chi connectivity index (χ4n) is 2.57. The lowest BCUT2D eigenvalue weighted by atomic mass is 10.3. The minimum atomic E-state index is -0.533. The van der Waals surface area contributed by atoms with E-state index in [0.717, 1.165) is 32.6 Å². The molecule has 164 valence electrons. The summed E-state index contributed by atoms with van der Waals surface area (Å²) >= 11 is 0. The molecular formula is C28H24N3O2-. The quantitative estimate of drug-likeness (QED) is 0.230. The van der Waals surface area contributed by atoms with Crippen LogP contribution in [0.2, 0.25) is 0 Å². The van der Waals surface area contributed by atoms with Crippen molar-refractivity contribution in [3.05, 3.63) is 0 Å². The minimum absolute atomic E-state index is 0.0887. The first-order valence-corrected chi connectivity index (χ1v) is 10.4. The molecule has 1 saturated heterocycles. The van der Waals surface area contributed by atoms with Crippen molar-refractivity contribution in [1.82, 2.24) is 9.80 Å². The zero-order chi connectivity index (χ0) is 23.8. The molecule has 1 rings (SSSR count). The molecule has 0 spiro atoms. The molecule has 1 unspecified atom stereocenters. The zero-order valence-electron chi connectivity index (χ0n) is 19.0. The highest BCUT2D eigenvalue weighted by Crippen LogP contribution is 2.13. The van der Waals surface area contributed by atoms with Gasteiger partial charge in [0.15, 0.2) is 0 Å². The van der Waals surface area contributed by atoms with Crippen LogP contribution in [0.15, 0.2) is 4.99 Å². The summed E-state index contributed by atoms with van der Waals surface area (Å²) in [5, 5.41) is 10.5. The van der Waals surface area contributed by atoms with Crippen molar-refractivity contribution in [2.45, 2.75) is 26.4 Å². The van der Waals surface area contributed by atoms with Crippen LogP contribution in [0, 0.1) is 94.7 Å². The third kappa shape index (κ3) is 13.8. The number of aliphatic imine (C=N–C) groups is 1. The normalized spacial score (nSPS) is 13.7. The van der Waals surface area contributed by atoms with Crippen LogP contribution in [0.25, 0.3) is 0 Å². The van der Waals surface area contributed by atoms with Gasteiger partial charge in [0.05, 0.1) is 13.2 Å². The Kier molecular flexibility index (Phi) is 16.3. The Bertz CT molecular complexity index is 1160. The summed E-state index contributed by atoms with van der Waals surface area (Å²) < 4.78 is 4.95. The number of ether oxygens (including phenoxy) is 1. The van der Waals surface area contributed by atoms with Gasteiger partial charge in [-0.1, -0.05) is 18.8 Å². The van der Waals surface area contributed by atoms with E-state index in [9.17, 15) is 5.11 Å². The topological polar surface area (TPSA) is 51.1 Å². The first-order chi connectivity index (χ1) is 16.3. The van der Waals surface area contributed by atoms with E-state index in [2.05, 4.69) is 116 Å². The zero-order valence-corrected chi connectivity index (χ0v) is 19.0. The van der Waals surface area contributed by atoms with Crippen LogP contribution in [0.1, 0.15) is 20.3 Å². The highest BCUT2D eigenvalue weighted by Gasteiger charge is 2.29. The molecule has 0 bridgehead atoms. The third-order valence-electron chi connectivity index (χ3n) is 3.94. The van der Waals surface area contributed by atoms with Crippen LogP contribution in [0.3, 0.4) is 0 Å². The Hall–Kier alpha value is -4.01. The highest BCUT2D eigenvalue weighted by molar-refractivity contribution is 5.56. The number of nitrogens with zero attached hydrogens (tertiary/aromatic N) is 3. The molecule has 1 aliphatic heterocycles. The Labute approximate surface area is 198 Å².